The Morgan fingerprint density at radius 3 is 2.36 bits per heavy atom. The van der Waals surface area contributed by atoms with E-state index in [4.69, 9.17) is 0 Å². The summed E-state index contributed by atoms with van der Waals surface area (Å²) >= 11 is 0. The van der Waals surface area contributed by atoms with Crippen LogP contribution in [0.1, 0.15) is 85.0 Å². The van der Waals surface area contributed by atoms with Gasteiger partial charge in [0.15, 0.2) is 0 Å². The van der Waals surface area contributed by atoms with Crippen LogP contribution in [0.5, 0.6) is 0 Å². The largest absolute Gasteiger partial charge is 0.393 e. The Hall–Kier alpha value is -0.0400. The number of rotatable bonds is 1. The zero-order chi connectivity index (χ0) is 15.5. The maximum Gasteiger partial charge on any atom is 0.0543 e. The second-order valence-electron chi connectivity index (χ2n) is 9.81. The molecule has 22 heavy (non-hydrogen) atoms. The average Bonchev–Trinajstić information content (AvgIpc) is 2.84. The summed E-state index contributed by atoms with van der Waals surface area (Å²) in [6.45, 7) is 7.68. The number of aliphatic hydroxyl groups is 1. The molecule has 4 fully saturated rings. The van der Waals surface area contributed by atoms with Gasteiger partial charge >= 0.3 is 0 Å². The molecule has 4 aliphatic carbocycles. The van der Waals surface area contributed by atoms with E-state index in [0.29, 0.717) is 10.8 Å². The van der Waals surface area contributed by atoms with E-state index >= 15 is 0 Å². The first-order valence-electron chi connectivity index (χ1n) is 10.2. The van der Waals surface area contributed by atoms with Crippen molar-refractivity contribution in [3.05, 3.63) is 0 Å². The molecular weight excluding hydrogens is 268 g/mol. The molecule has 0 bridgehead atoms. The SMILES string of the molecule is CC[C@H]1CC[C@H]2[C@@H]3CCC4C[C@H](O)CC[C@]4(C)[C@H]3CC[C@]12C. The fourth-order valence-electron chi connectivity index (χ4n) is 8.01. The molecule has 0 aromatic heterocycles. The zero-order valence-electron chi connectivity index (χ0n) is 15.0. The van der Waals surface area contributed by atoms with Gasteiger partial charge in [0, 0.05) is 0 Å². The molecule has 8 atom stereocenters. The van der Waals surface area contributed by atoms with Gasteiger partial charge in [-0.2, -0.15) is 0 Å². The quantitative estimate of drug-likeness (QED) is 0.686. The van der Waals surface area contributed by atoms with E-state index in [9.17, 15) is 5.11 Å². The molecule has 0 spiro atoms. The normalized spacial score (nSPS) is 57.8. The Kier molecular flexibility index (Phi) is 3.68. The summed E-state index contributed by atoms with van der Waals surface area (Å²) in [7, 11) is 0. The molecule has 126 valence electrons. The molecule has 0 saturated heterocycles. The van der Waals surface area contributed by atoms with E-state index < -0.39 is 0 Å². The molecule has 1 nitrogen and oxygen atoms in total. The van der Waals surface area contributed by atoms with Crippen LogP contribution in [0.2, 0.25) is 0 Å². The summed E-state index contributed by atoms with van der Waals surface area (Å²) in [5, 5.41) is 10.1. The minimum Gasteiger partial charge on any atom is -0.393 e. The molecule has 0 aromatic rings. The number of hydrogen-bond acceptors (Lipinski definition) is 1. The first kappa shape index (κ1) is 15.5. The second-order valence-corrected chi connectivity index (χ2v) is 9.81. The van der Waals surface area contributed by atoms with Crippen LogP contribution in [-0.2, 0) is 0 Å². The van der Waals surface area contributed by atoms with Crippen molar-refractivity contribution in [3.63, 3.8) is 0 Å². The summed E-state index contributed by atoms with van der Waals surface area (Å²) < 4.78 is 0. The van der Waals surface area contributed by atoms with Gasteiger partial charge in [0.1, 0.15) is 0 Å². The maximum atomic E-state index is 10.1. The lowest BCUT2D eigenvalue weighted by molar-refractivity contribution is -0.126. The summed E-state index contributed by atoms with van der Waals surface area (Å²) in [5.74, 6) is 4.79. The Morgan fingerprint density at radius 2 is 1.59 bits per heavy atom. The van der Waals surface area contributed by atoms with Gasteiger partial charge in [0.25, 0.3) is 0 Å². The molecule has 0 heterocycles. The van der Waals surface area contributed by atoms with Crippen LogP contribution in [0.3, 0.4) is 0 Å². The molecule has 0 amide bonds. The van der Waals surface area contributed by atoms with Gasteiger partial charge in [0.2, 0.25) is 0 Å². The molecule has 4 aliphatic rings. The Labute approximate surface area is 137 Å². The predicted octanol–water partition coefficient (Wildman–Crippen LogP) is 5.42. The van der Waals surface area contributed by atoms with Gasteiger partial charge in [0.05, 0.1) is 6.10 Å². The van der Waals surface area contributed by atoms with E-state index in [1.807, 2.05) is 0 Å². The highest BCUT2D eigenvalue weighted by molar-refractivity contribution is 5.08. The third-order valence-corrected chi connectivity index (χ3v) is 9.33. The van der Waals surface area contributed by atoms with Crippen LogP contribution in [0.25, 0.3) is 0 Å². The topological polar surface area (TPSA) is 20.2 Å². The van der Waals surface area contributed by atoms with Crippen LogP contribution in [-0.4, -0.2) is 11.2 Å². The van der Waals surface area contributed by atoms with Crippen LogP contribution in [0.4, 0.5) is 0 Å². The minimum absolute atomic E-state index is 0.000524. The molecule has 0 radical (unpaired) electrons. The third-order valence-electron chi connectivity index (χ3n) is 9.33. The molecule has 1 N–H and O–H groups in total. The van der Waals surface area contributed by atoms with Crippen molar-refractivity contribution in [1.82, 2.24) is 0 Å². The summed E-state index contributed by atoms with van der Waals surface area (Å²) in [5.41, 5.74) is 1.21. The highest BCUT2D eigenvalue weighted by atomic mass is 16.3. The van der Waals surface area contributed by atoms with E-state index in [0.717, 1.165) is 42.4 Å². The molecular formula is C21H36O. The minimum atomic E-state index is -0.000524. The van der Waals surface area contributed by atoms with E-state index in [-0.39, 0.29) is 6.10 Å². The van der Waals surface area contributed by atoms with Crippen LogP contribution < -0.4 is 0 Å². The highest BCUT2D eigenvalue weighted by Crippen LogP contribution is 2.67. The number of hydrogen-bond donors (Lipinski definition) is 1. The van der Waals surface area contributed by atoms with Crippen molar-refractivity contribution >= 4 is 0 Å². The zero-order valence-corrected chi connectivity index (χ0v) is 15.0. The molecule has 4 rings (SSSR count). The van der Waals surface area contributed by atoms with Crippen LogP contribution in [0.15, 0.2) is 0 Å². The Bertz CT molecular complexity index is 432. The van der Waals surface area contributed by atoms with Crippen LogP contribution >= 0.6 is 0 Å². The van der Waals surface area contributed by atoms with E-state index in [1.165, 1.54) is 51.4 Å². The van der Waals surface area contributed by atoms with E-state index in [1.54, 1.807) is 0 Å². The monoisotopic (exact) mass is 304 g/mol. The van der Waals surface area contributed by atoms with Gasteiger partial charge in [-0.05, 0) is 98.2 Å². The average molecular weight is 305 g/mol. The van der Waals surface area contributed by atoms with Gasteiger partial charge in [-0.3, -0.25) is 0 Å². The number of fused-ring (bicyclic) bond motifs is 5. The molecule has 1 unspecified atom stereocenters. The second kappa shape index (κ2) is 5.23. The molecule has 0 aromatic carbocycles. The van der Waals surface area contributed by atoms with Gasteiger partial charge in [-0.25, -0.2) is 0 Å². The maximum absolute atomic E-state index is 10.1. The number of aliphatic hydroxyl groups excluding tert-OH is 1. The van der Waals surface area contributed by atoms with Crippen molar-refractivity contribution in [3.8, 4) is 0 Å². The summed E-state index contributed by atoms with van der Waals surface area (Å²) in [6, 6.07) is 0. The standard InChI is InChI=1S/C21H36O/c1-4-14-6-8-18-17-7-5-15-13-16(22)9-11-21(15,3)19(17)10-12-20(14,18)2/h14-19,22H,4-13H2,1-3H3/t14-,15?,16+,17-,18-,19-,20+,21-/m0/s1. The predicted molar refractivity (Wildman–Crippen MR) is 91.5 cm³/mol. The van der Waals surface area contributed by atoms with E-state index in [2.05, 4.69) is 20.8 Å². The van der Waals surface area contributed by atoms with Crippen LogP contribution in [0, 0.1) is 40.4 Å². The van der Waals surface area contributed by atoms with Crippen molar-refractivity contribution in [2.24, 2.45) is 40.4 Å². The Balaban J connectivity index is 1.61. The van der Waals surface area contributed by atoms with Gasteiger partial charge in [-0.1, -0.05) is 27.2 Å². The molecule has 1 heteroatoms. The van der Waals surface area contributed by atoms with Crippen molar-refractivity contribution < 1.29 is 5.11 Å². The highest BCUT2D eigenvalue weighted by Gasteiger charge is 2.59. The summed E-state index contributed by atoms with van der Waals surface area (Å²) in [6.07, 6.45) is 13.7. The first-order chi connectivity index (χ1) is 10.5. The van der Waals surface area contributed by atoms with Crippen molar-refractivity contribution in [2.75, 3.05) is 0 Å². The van der Waals surface area contributed by atoms with Gasteiger partial charge < -0.3 is 5.11 Å². The molecule has 0 aliphatic heterocycles. The van der Waals surface area contributed by atoms with Crippen molar-refractivity contribution in [1.29, 1.82) is 0 Å². The molecule has 4 saturated carbocycles. The fourth-order valence-corrected chi connectivity index (χ4v) is 8.01. The van der Waals surface area contributed by atoms with Gasteiger partial charge in [-0.15, -0.1) is 0 Å². The lowest BCUT2D eigenvalue weighted by Crippen LogP contribution is -2.53. The Morgan fingerprint density at radius 1 is 0.864 bits per heavy atom. The lowest BCUT2D eigenvalue weighted by atomic mass is 9.44. The third kappa shape index (κ3) is 2.00. The lowest BCUT2D eigenvalue weighted by Gasteiger charge is -2.61. The smallest absolute Gasteiger partial charge is 0.0543 e. The van der Waals surface area contributed by atoms with Crippen molar-refractivity contribution in [2.45, 2.75) is 91.1 Å². The fraction of sp³-hybridized carbons (Fsp3) is 1.00. The summed E-state index contributed by atoms with van der Waals surface area (Å²) in [4.78, 5) is 0. The first-order valence-corrected chi connectivity index (χ1v) is 10.2.